The summed E-state index contributed by atoms with van der Waals surface area (Å²) in [7, 11) is 0. The van der Waals surface area contributed by atoms with Crippen LogP contribution < -0.4 is 9.47 Å². The molecular weight excluding hydrogens is 540 g/mol. The van der Waals surface area contributed by atoms with Crippen molar-refractivity contribution in [1.29, 1.82) is 0 Å². The van der Waals surface area contributed by atoms with Gasteiger partial charge in [-0.1, -0.05) is 66.4 Å². The third-order valence-electron chi connectivity index (χ3n) is 6.97. The summed E-state index contributed by atoms with van der Waals surface area (Å²) in [6, 6.07) is 23.3. The first-order chi connectivity index (χ1) is 19.5. The van der Waals surface area contributed by atoms with Crippen molar-refractivity contribution in [3.8, 4) is 11.5 Å². The maximum Gasteiger partial charge on any atom is 0.387 e. The van der Waals surface area contributed by atoms with Gasteiger partial charge in [0.25, 0.3) is 0 Å². The van der Waals surface area contributed by atoms with Crippen LogP contribution in [0.2, 0.25) is 0 Å². The number of benzene rings is 3. The van der Waals surface area contributed by atoms with Crippen LogP contribution in [0.5, 0.6) is 11.5 Å². The summed E-state index contributed by atoms with van der Waals surface area (Å²) in [5.74, 6) is 0.214. The Hall–Kier alpha value is -3.98. The molecule has 9 heteroatoms. The standard InChI is InChI=1S/C31H24F4N2O2S/c32-29(33)38-23-13-9-19(10-14-23)17-22-7-4-8-25-27(22)36-31-37(26(18-40-31)20-5-2-1-3-6-20)28(25)21-11-15-24(16-12-21)39-30(34)35/h1-3,5-6,9-18,28-30H,4,7-8H2/b22-17-. The zero-order valence-electron chi connectivity index (χ0n) is 21.1. The lowest BCUT2D eigenvalue weighted by molar-refractivity contribution is -0.0505. The lowest BCUT2D eigenvalue weighted by atomic mass is 9.82. The Morgan fingerprint density at radius 1 is 0.825 bits per heavy atom. The number of alkyl halides is 4. The van der Waals surface area contributed by atoms with E-state index in [0.29, 0.717) is 0 Å². The summed E-state index contributed by atoms with van der Waals surface area (Å²) >= 11 is 1.55. The van der Waals surface area contributed by atoms with Gasteiger partial charge < -0.3 is 14.4 Å². The predicted octanol–water partition coefficient (Wildman–Crippen LogP) is 8.87. The molecule has 3 aromatic carbocycles. The van der Waals surface area contributed by atoms with Gasteiger partial charge in [-0.05, 0) is 77.4 Å². The van der Waals surface area contributed by atoms with Crippen molar-refractivity contribution < 1.29 is 27.0 Å². The molecule has 3 aromatic rings. The van der Waals surface area contributed by atoms with Crippen molar-refractivity contribution in [2.45, 2.75) is 38.5 Å². The quantitative estimate of drug-likeness (QED) is 0.269. The summed E-state index contributed by atoms with van der Waals surface area (Å²) in [6.07, 6.45) is 4.61. The third-order valence-corrected chi connectivity index (χ3v) is 7.81. The second kappa shape index (κ2) is 11.3. The second-order valence-corrected chi connectivity index (χ2v) is 10.3. The molecule has 40 heavy (non-hydrogen) atoms. The second-order valence-electron chi connectivity index (χ2n) is 9.45. The average Bonchev–Trinajstić information content (AvgIpc) is 3.37. The van der Waals surface area contributed by atoms with E-state index in [4.69, 9.17) is 4.99 Å². The van der Waals surface area contributed by atoms with Gasteiger partial charge in [0.15, 0.2) is 5.17 Å². The van der Waals surface area contributed by atoms with Crippen LogP contribution in [0.1, 0.15) is 42.0 Å². The van der Waals surface area contributed by atoms with E-state index in [1.54, 1.807) is 36.0 Å². The van der Waals surface area contributed by atoms with Gasteiger partial charge in [-0.25, -0.2) is 4.99 Å². The summed E-state index contributed by atoms with van der Waals surface area (Å²) < 4.78 is 59.8. The Morgan fingerprint density at radius 2 is 1.48 bits per heavy atom. The van der Waals surface area contributed by atoms with Crippen LogP contribution in [0.3, 0.4) is 0 Å². The SMILES string of the molecule is FC(F)Oc1ccc(/C=C2/CCCC3=C2N=C2SC=C(c4ccccc4)N2C3c2ccc(OC(F)F)cc2)cc1. The molecule has 0 aromatic heterocycles. The van der Waals surface area contributed by atoms with Crippen molar-refractivity contribution in [1.82, 2.24) is 4.90 Å². The highest BCUT2D eigenvalue weighted by Crippen LogP contribution is 2.51. The molecule has 204 valence electrons. The van der Waals surface area contributed by atoms with E-state index >= 15 is 0 Å². The van der Waals surface area contributed by atoms with E-state index in [9.17, 15) is 17.6 Å². The smallest absolute Gasteiger partial charge is 0.387 e. The van der Waals surface area contributed by atoms with Gasteiger partial charge in [0.2, 0.25) is 0 Å². The molecule has 4 nitrogen and oxygen atoms in total. The van der Waals surface area contributed by atoms with Gasteiger partial charge in [0.05, 0.1) is 17.4 Å². The van der Waals surface area contributed by atoms with E-state index in [-0.39, 0.29) is 17.5 Å². The Kier molecular flexibility index (Phi) is 7.38. The highest BCUT2D eigenvalue weighted by Gasteiger charge is 2.40. The molecule has 1 atom stereocenters. The highest BCUT2D eigenvalue weighted by molar-refractivity contribution is 8.16. The number of aliphatic imine (C=N–C) groups is 1. The Labute approximate surface area is 233 Å². The van der Waals surface area contributed by atoms with Crippen LogP contribution >= 0.6 is 11.8 Å². The Balaban J connectivity index is 1.41. The van der Waals surface area contributed by atoms with Crippen molar-refractivity contribution in [2.75, 3.05) is 0 Å². The average molecular weight is 565 g/mol. The number of ether oxygens (including phenoxy) is 2. The molecule has 0 bridgehead atoms. The minimum atomic E-state index is -2.89. The van der Waals surface area contributed by atoms with Gasteiger partial charge in [0, 0.05) is 5.41 Å². The zero-order chi connectivity index (χ0) is 27.6. The summed E-state index contributed by atoms with van der Waals surface area (Å²) in [4.78, 5) is 7.35. The fourth-order valence-electron chi connectivity index (χ4n) is 5.31. The third kappa shape index (κ3) is 5.38. The van der Waals surface area contributed by atoms with Crippen molar-refractivity contribution in [2.24, 2.45) is 4.99 Å². The molecule has 3 aliphatic rings. The minimum Gasteiger partial charge on any atom is -0.435 e. The molecule has 0 spiro atoms. The van der Waals surface area contributed by atoms with E-state index in [1.807, 2.05) is 36.4 Å². The zero-order valence-corrected chi connectivity index (χ0v) is 22.0. The first-order valence-corrected chi connectivity index (χ1v) is 13.7. The number of halogens is 4. The molecule has 1 unspecified atom stereocenters. The molecule has 0 fully saturated rings. The van der Waals surface area contributed by atoms with Gasteiger partial charge in [-0.15, -0.1) is 0 Å². The molecule has 2 heterocycles. The number of allylic oxidation sites excluding steroid dienone is 1. The Bertz CT molecular complexity index is 1500. The molecular formula is C31H24F4N2O2S. The normalized spacial score (nSPS) is 19.5. The number of fused-ring (bicyclic) bond motifs is 1. The monoisotopic (exact) mass is 564 g/mol. The van der Waals surface area contributed by atoms with Gasteiger partial charge in [0.1, 0.15) is 11.5 Å². The fraction of sp³-hybridized carbons (Fsp3) is 0.194. The highest BCUT2D eigenvalue weighted by atomic mass is 32.2. The maximum atomic E-state index is 12.8. The van der Waals surface area contributed by atoms with Crippen LogP contribution in [0.15, 0.2) is 106 Å². The van der Waals surface area contributed by atoms with Gasteiger partial charge in [-0.2, -0.15) is 17.6 Å². The molecule has 6 rings (SSSR count). The summed E-state index contributed by atoms with van der Waals surface area (Å²) in [5, 5.41) is 2.93. The fourth-order valence-corrected chi connectivity index (χ4v) is 6.24. The van der Waals surface area contributed by atoms with Crippen LogP contribution in [0.4, 0.5) is 17.6 Å². The van der Waals surface area contributed by atoms with Gasteiger partial charge >= 0.3 is 13.2 Å². The molecule has 0 N–H and O–H groups in total. The first kappa shape index (κ1) is 26.3. The predicted molar refractivity (Wildman–Crippen MR) is 149 cm³/mol. The van der Waals surface area contributed by atoms with Crippen LogP contribution in [0.25, 0.3) is 11.8 Å². The number of thioether (sulfide) groups is 1. The maximum absolute atomic E-state index is 12.8. The molecule has 1 aliphatic carbocycles. The van der Waals surface area contributed by atoms with Crippen molar-refractivity contribution in [3.05, 3.63) is 118 Å². The van der Waals surface area contributed by atoms with Crippen LogP contribution in [0, 0.1) is 0 Å². The van der Waals surface area contributed by atoms with E-state index in [1.165, 1.54) is 12.1 Å². The number of amidine groups is 1. The largest absolute Gasteiger partial charge is 0.435 e. The number of nitrogens with zero attached hydrogens (tertiary/aromatic N) is 2. The van der Waals surface area contributed by atoms with Crippen molar-refractivity contribution >= 4 is 28.7 Å². The van der Waals surface area contributed by atoms with E-state index in [2.05, 4.69) is 31.9 Å². The number of hydrogen-bond acceptors (Lipinski definition) is 5. The Morgan fingerprint density at radius 3 is 2.12 bits per heavy atom. The van der Waals surface area contributed by atoms with Crippen LogP contribution in [-0.2, 0) is 0 Å². The molecule has 2 aliphatic heterocycles. The lowest BCUT2D eigenvalue weighted by Gasteiger charge is -2.40. The molecule has 0 saturated carbocycles. The minimum absolute atomic E-state index is 0.107. The van der Waals surface area contributed by atoms with Crippen LogP contribution in [-0.4, -0.2) is 23.3 Å². The van der Waals surface area contributed by atoms with Crippen molar-refractivity contribution in [3.63, 3.8) is 0 Å². The summed E-state index contributed by atoms with van der Waals surface area (Å²) in [6.45, 7) is -5.76. The van der Waals surface area contributed by atoms with Gasteiger partial charge in [-0.3, -0.25) is 0 Å². The van der Waals surface area contributed by atoms with E-state index in [0.717, 1.165) is 63.7 Å². The number of rotatable bonds is 7. The number of hydrogen-bond donors (Lipinski definition) is 0. The molecule has 0 amide bonds. The molecule has 0 radical (unpaired) electrons. The lowest BCUT2D eigenvalue weighted by Crippen LogP contribution is -2.34. The first-order valence-electron chi connectivity index (χ1n) is 12.8. The summed E-state index contributed by atoms with van der Waals surface area (Å²) in [5.41, 5.74) is 7.02. The topological polar surface area (TPSA) is 34.1 Å². The van der Waals surface area contributed by atoms with E-state index < -0.39 is 13.2 Å². The molecule has 0 saturated heterocycles.